The summed E-state index contributed by atoms with van der Waals surface area (Å²) in [4.78, 5) is 14.6. The first-order valence-electron chi connectivity index (χ1n) is 19.8. The van der Waals surface area contributed by atoms with Crippen molar-refractivity contribution in [2.75, 3.05) is 4.90 Å². The van der Waals surface area contributed by atoms with E-state index in [4.69, 9.17) is 9.97 Å². The van der Waals surface area contributed by atoms with Crippen molar-refractivity contribution in [2.24, 2.45) is 0 Å². The molecule has 0 radical (unpaired) electrons. The molecule has 0 bridgehead atoms. The number of aromatic nitrogens is 3. The Bertz CT molecular complexity index is 3430. The zero-order chi connectivity index (χ0) is 38.0. The molecule has 0 fully saturated rings. The van der Waals surface area contributed by atoms with Crippen LogP contribution in [0.3, 0.4) is 0 Å². The van der Waals surface area contributed by atoms with Crippen molar-refractivity contribution in [1.82, 2.24) is 14.5 Å². The normalized spacial score (nSPS) is 13.6. The maximum atomic E-state index is 5.45. The van der Waals surface area contributed by atoms with Gasteiger partial charge in [-0.05, 0) is 58.7 Å². The monoisotopic (exact) mass is 756 g/mol. The van der Waals surface area contributed by atoms with Crippen LogP contribution in [-0.2, 0) is 5.41 Å². The number of fused-ring (bicyclic) bond motifs is 16. The lowest BCUT2D eigenvalue weighted by molar-refractivity contribution is 0.768. The molecule has 4 heterocycles. The number of anilines is 3. The van der Waals surface area contributed by atoms with Gasteiger partial charge in [-0.2, -0.15) is 0 Å². The molecule has 1 aliphatic heterocycles. The van der Waals surface area contributed by atoms with E-state index in [1.165, 1.54) is 64.9 Å². The lowest BCUT2D eigenvalue weighted by Gasteiger charge is -2.44. The molecule has 11 aromatic rings. The van der Waals surface area contributed by atoms with Crippen LogP contribution in [0.4, 0.5) is 17.1 Å². The minimum Gasteiger partial charge on any atom is -0.310 e. The average molecular weight is 757 g/mol. The summed E-state index contributed by atoms with van der Waals surface area (Å²) in [5, 5.41) is 4.68. The van der Waals surface area contributed by atoms with Gasteiger partial charge in [0.15, 0.2) is 0 Å². The third kappa shape index (κ3) is 4.08. The van der Waals surface area contributed by atoms with Gasteiger partial charge in [0.2, 0.25) is 5.95 Å². The molecule has 0 atom stereocenters. The molecular formula is C53H32N4S. The zero-order valence-electron chi connectivity index (χ0n) is 31.2. The molecule has 8 aromatic carbocycles. The van der Waals surface area contributed by atoms with Crippen molar-refractivity contribution in [3.8, 4) is 28.3 Å². The molecule has 5 heteroatoms. The second-order valence-corrected chi connectivity index (χ2v) is 16.3. The van der Waals surface area contributed by atoms with Gasteiger partial charge in [-0.1, -0.05) is 158 Å². The van der Waals surface area contributed by atoms with Crippen molar-refractivity contribution < 1.29 is 0 Å². The molecule has 13 rings (SSSR count). The van der Waals surface area contributed by atoms with Crippen LogP contribution in [0, 0.1) is 0 Å². The lowest BCUT2D eigenvalue weighted by atomic mass is 9.67. The quantitative estimate of drug-likeness (QED) is 0.180. The van der Waals surface area contributed by atoms with Crippen LogP contribution >= 0.6 is 11.3 Å². The second-order valence-electron chi connectivity index (χ2n) is 15.3. The minimum absolute atomic E-state index is 0.531. The van der Waals surface area contributed by atoms with E-state index >= 15 is 0 Å². The maximum Gasteiger partial charge on any atom is 0.235 e. The molecule has 0 unspecified atom stereocenters. The van der Waals surface area contributed by atoms with Crippen LogP contribution in [0.15, 0.2) is 194 Å². The van der Waals surface area contributed by atoms with Crippen molar-refractivity contribution in [3.63, 3.8) is 0 Å². The molecule has 1 spiro atoms. The molecule has 0 N–H and O–H groups in total. The van der Waals surface area contributed by atoms with Crippen molar-refractivity contribution in [1.29, 1.82) is 0 Å². The first-order chi connectivity index (χ1) is 28.8. The number of hydrogen-bond donors (Lipinski definition) is 0. The van der Waals surface area contributed by atoms with Crippen LogP contribution in [0.1, 0.15) is 21.6 Å². The summed E-state index contributed by atoms with van der Waals surface area (Å²) >= 11 is 1.94. The minimum atomic E-state index is -0.531. The van der Waals surface area contributed by atoms with Crippen LogP contribution < -0.4 is 4.90 Å². The fraction of sp³-hybridized carbons (Fsp3) is 0.0189. The summed E-state index contributed by atoms with van der Waals surface area (Å²) in [6.45, 7) is 0. The average Bonchev–Trinajstić information content (AvgIpc) is 3.94. The van der Waals surface area contributed by atoms with Crippen LogP contribution in [0.2, 0.25) is 0 Å². The first-order valence-corrected chi connectivity index (χ1v) is 20.6. The number of rotatable bonds is 3. The first kappa shape index (κ1) is 31.8. The van der Waals surface area contributed by atoms with E-state index in [1.54, 1.807) is 0 Å². The Balaban J connectivity index is 1.17. The SMILES string of the molecule is c1ccc(-c2nc(-n3c4ccccc4c4ccc5c6c(sc5c43)C3(c4ccccc4-6)c4ccccc4N(c4ccccc4)c4ccccc43)nc3ccccc23)cc1. The van der Waals surface area contributed by atoms with E-state index < -0.39 is 5.41 Å². The van der Waals surface area contributed by atoms with Crippen molar-refractivity contribution >= 4 is 71.2 Å². The highest BCUT2D eigenvalue weighted by Gasteiger charge is 2.53. The predicted octanol–water partition coefficient (Wildman–Crippen LogP) is 13.8. The topological polar surface area (TPSA) is 34.0 Å². The molecule has 0 saturated heterocycles. The van der Waals surface area contributed by atoms with Gasteiger partial charge in [0.25, 0.3) is 0 Å². The summed E-state index contributed by atoms with van der Waals surface area (Å²) in [7, 11) is 0. The Labute approximate surface area is 338 Å². The molecule has 4 nitrogen and oxygen atoms in total. The third-order valence-corrected chi connectivity index (χ3v) is 13.7. The van der Waals surface area contributed by atoms with Crippen LogP contribution in [-0.4, -0.2) is 14.5 Å². The molecule has 58 heavy (non-hydrogen) atoms. The van der Waals surface area contributed by atoms with Gasteiger partial charge in [-0.15, -0.1) is 11.3 Å². The fourth-order valence-corrected chi connectivity index (χ4v) is 11.7. The summed E-state index contributed by atoms with van der Waals surface area (Å²) in [5.74, 6) is 0.673. The molecule has 0 saturated carbocycles. The molecule has 3 aromatic heterocycles. The summed E-state index contributed by atoms with van der Waals surface area (Å²) in [6, 6.07) is 70.3. The van der Waals surface area contributed by atoms with Gasteiger partial charge < -0.3 is 4.90 Å². The fourth-order valence-electron chi connectivity index (χ4n) is 10.1. The summed E-state index contributed by atoms with van der Waals surface area (Å²) in [6.07, 6.45) is 0. The second kappa shape index (κ2) is 11.8. The van der Waals surface area contributed by atoms with Gasteiger partial charge in [-0.25, -0.2) is 9.97 Å². The Hall–Kier alpha value is -7.34. The van der Waals surface area contributed by atoms with E-state index in [1.807, 2.05) is 11.3 Å². The third-order valence-electron chi connectivity index (χ3n) is 12.4. The summed E-state index contributed by atoms with van der Waals surface area (Å²) in [5.41, 5.74) is 14.7. The Morgan fingerprint density at radius 1 is 0.466 bits per heavy atom. The number of hydrogen-bond acceptors (Lipinski definition) is 4. The van der Waals surface area contributed by atoms with E-state index in [-0.39, 0.29) is 0 Å². The molecule has 2 aliphatic rings. The van der Waals surface area contributed by atoms with Gasteiger partial charge in [0.05, 0.1) is 43.7 Å². The Morgan fingerprint density at radius 2 is 1.07 bits per heavy atom. The van der Waals surface area contributed by atoms with Gasteiger partial charge in [0, 0.05) is 43.2 Å². The number of para-hydroxylation sites is 5. The molecule has 1 aliphatic carbocycles. The molecule has 0 amide bonds. The van der Waals surface area contributed by atoms with Crippen LogP contribution in [0.5, 0.6) is 0 Å². The molecular weight excluding hydrogens is 725 g/mol. The largest absolute Gasteiger partial charge is 0.310 e. The van der Waals surface area contributed by atoms with Crippen molar-refractivity contribution in [3.05, 3.63) is 216 Å². The standard InChI is InChI=1S/C53H32N4S/c1-3-17-33(18-4-1)48-38-23-8-13-27-43(38)54-52(55-48)57-44-28-14-9-21-35(44)36-31-32-39-47-37-22-7-10-24-40(37)53(51(47)58-50(39)49(36)57)41-25-11-15-29-45(41)56(34-19-5-2-6-20-34)46-30-16-12-26-42(46)53/h1-32H. The Kier molecular flexibility index (Phi) is 6.49. The highest BCUT2D eigenvalue weighted by molar-refractivity contribution is 7.21. The number of nitrogens with zero attached hydrogens (tertiary/aromatic N) is 4. The van der Waals surface area contributed by atoms with Gasteiger partial charge >= 0.3 is 0 Å². The lowest BCUT2D eigenvalue weighted by Crippen LogP contribution is -2.35. The van der Waals surface area contributed by atoms with Gasteiger partial charge in [-0.3, -0.25) is 4.57 Å². The number of thiophene rings is 1. The van der Waals surface area contributed by atoms with Crippen molar-refractivity contribution in [2.45, 2.75) is 5.41 Å². The highest BCUT2D eigenvalue weighted by atomic mass is 32.1. The maximum absolute atomic E-state index is 5.45. The molecule has 270 valence electrons. The predicted molar refractivity (Wildman–Crippen MR) is 240 cm³/mol. The van der Waals surface area contributed by atoms with E-state index in [0.29, 0.717) is 5.95 Å². The Morgan fingerprint density at radius 3 is 1.84 bits per heavy atom. The van der Waals surface area contributed by atoms with E-state index in [9.17, 15) is 0 Å². The smallest absolute Gasteiger partial charge is 0.235 e. The van der Waals surface area contributed by atoms with Crippen LogP contribution in [0.25, 0.3) is 71.1 Å². The van der Waals surface area contributed by atoms with E-state index in [2.05, 4.69) is 204 Å². The highest BCUT2D eigenvalue weighted by Crippen LogP contribution is 2.66. The summed E-state index contributed by atoms with van der Waals surface area (Å²) < 4.78 is 3.57. The van der Waals surface area contributed by atoms with Gasteiger partial charge in [0.1, 0.15) is 0 Å². The number of benzene rings is 8. The zero-order valence-corrected chi connectivity index (χ0v) is 32.0. The van der Waals surface area contributed by atoms with E-state index in [0.717, 1.165) is 38.9 Å².